The predicted octanol–water partition coefficient (Wildman–Crippen LogP) is 3.38. The zero-order valence-electron chi connectivity index (χ0n) is 12.3. The van der Waals surface area contributed by atoms with E-state index in [2.05, 4.69) is 27.3 Å². The molecule has 120 valence electrons. The number of anilines is 1. The van der Waals surface area contributed by atoms with Crippen LogP contribution in [0.25, 0.3) is 5.78 Å². The van der Waals surface area contributed by atoms with Gasteiger partial charge in [0.15, 0.2) is 5.69 Å². The third kappa shape index (κ3) is 3.00. The molecule has 0 amide bonds. The number of hydrogen-bond acceptors (Lipinski definition) is 4. The molecule has 0 saturated heterocycles. The van der Waals surface area contributed by atoms with E-state index < -0.39 is 11.9 Å². The van der Waals surface area contributed by atoms with Crippen molar-refractivity contribution in [2.45, 2.75) is 38.8 Å². The highest BCUT2D eigenvalue weighted by atomic mass is 19.4. The van der Waals surface area contributed by atoms with Crippen molar-refractivity contribution in [2.24, 2.45) is 11.8 Å². The number of fused-ring (bicyclic) bond motifs is 1. The van der Waals surface area contributed by atoms with Crippen LogP contribution >= 0.6 is 0 Å². The molecule has 0 aliphatic heterocycles. The predicted molar refractivity (Wildman–Crippen MR) is 75.4 cm³/mol. The van der Waals surface area contributed by atoms with Crippen LogP contribution < -0.4 is 5.32 Å². The Morgan fingerprint density at radius 3 is 2.82 bits per heavy atom. The molecule has 2 unspecified atom stereocenters. The zero-order chi connectivity index (χ0) is 15.7. The Morgan fingerprint density at radius 2 is 2.09 bits per heavy atom. The van der Waals surface area contributed by atoms with Gasteiger partial charge >= 0.3 is 6.18 Å². The van der Waals surface area contributed by atoms with Gasteiger partial charge in [-0.15, -0.1) is 0 Å². The molecule has 8 heteroatoms. The van der Waals surface area contributed by atoms with Crippen LogP contribution in [0.4, 0.5) is 19.0 Å². The molecule has 1 aliphatic carbocycles. The number of alkyl halides is 3. The molecule has 0 radical (unpaired) electrons. The van der Waals surface area contributed by atoms with E-state index in [1.165, 1.54) is 30.1 Å². The summed E-state index contributed by atoms with van der Waals surface area (Å²) in [6.45, 7) is 2.84. The Balaban J connectivity index is 1.84. The van der Waals surface area contributed by atoms with Gasteiger partial charge in [0.25, 0.3) is 5.78 Å². The fraction of sp³-hybridized carbons (Fsp3) is 0.643. The summed E-state index contributed by atoms with van der Waals surface area (Å²) in [7, 11) is 0. The van der Waals surface area contributed by atoms with Crippen molar-refractivity contribution in [2.75, 3.05) is 11.9 Å². The largest absolute Gasteiger partial charge is 0.433 e. The molecule has 0 aromatic carbocycles. The van der Waals surface area contributed by atoms with Crippen molar-refractivity contribution in [3.8, 4) is 0 Å². The first-order valence-electron chi connectivity index (χ1n) is 7.47. The lowest BCUT2D eigenvalue weighted by atomic mass is 9.80. The van der Waals surface area contributed by atoms with Gasteiger partial charge in [0.2, 0.25) is 0 Å². The van der Waals surface area contributed by atoms with E-state index in [0.29, 0.717) is 18.4 Å². The Labute approximate surface area is 126 Å². The van der Waals surface area contributed by atoms with Gasteiger partial charge in [0.05, 0.1) is 0 Å². The summed E-state index contributed by atoms with van der Waals surface area (Å²) in [5.74, 6) is 1.29. The number of hydrogen-bond donors (Lipinski definition) is 1. The Kier molecular flexibility index (Phi) is 3.92. The number of nitrogens with zero attached hydrogens (tertiary/aromatic N) is 4. The third-order valence-corrected chi connectivity index (χ3v) is 4.38. The second-order valence-corrected chi connectivity index (χ2v) is 5.90. The maximum Gasteiger partial charge on any atom is 0.433 e. The molecule has 0 bridgehead atoms. The number of aromatic nitrogens is 4. The van der Waals surface area contributed by atoms with E-state index in [1.54, 1.807) is 0 Å². The van der Waals surface area contributed by atoms with Crippen LogP contribution in [0.2, 0.25) is 0 Å². The van der Waals surface area contributed by atoms with Gasteiger partial charge in [-0.3, -0.25) is 0 Å². The molecular weight excluding hydrogens is 295 g/mol. The zero-order valence-corrected chi connectivity index (χ0v) is 12.3. The standard InChI is InChI=1S/C14H18F3N5/c1-9-4-2-3-5-10(9)7-18-12-6-11(14(15,16)17)21-13-19-8-20-22(12)13/h6,8-10,18H,2-5,7H2,1H3. The number of rotatable bonds is 3. The van der Waals surface area contributed by atoms with Gasteiger partial charge in [-0.25, -0.2) is 4.98 Å². The normalized spacial score (nSPS) is 22.9. The first kappa shape index (κ1) is 15.1. The van der Waals surface area contributed by atoms with E-state index in [-0.39, 0.29) is 11.6 Å². The summed E-state index contributed by atoms with van der Waals surface area (Å²) in [6.07, 6.45) is 1.40. The van der Waals surface area contributed by atoms with E-state index >= 15 is 0 Å². The molecule has 0 spiro atoms. The maximum absolute atomic E-state index is 12.9. The lowest BCUT2D eigenvalue weighted by Gasteiger charge is -2.29. The lowest BCUT2D eigenvalue weighted by Crippen LogP contribution is -2.25. The lowest BCUT2D eigenvalue weighted by molar-refractivity contribution is -0.141. The highest BCUT2D eigenvalue weighted by Gasteiger charge is 2.34. The van der Waals surface area contributed by atoms with Crippen molar-refractivity contribution < 1.29 is 13.2 Å². The fourth-order valence-corrected chi connectivity index (χ4v) is 3.02. The van der Waals surface area contributed by atoms with Crippen molar-refractivity contribution in [3.05, 3.63) is 18.1 Å². The van der Waals surface area contributed by atoms with E-state index in [0.717, 1.165) is 12.5 Å². The molecule has 2 atom stereocenters. The third-order valence-electron chi connectivity index (χ3n) is 4.38. The van der Waals surface area contributed by atoms with Crippen LogP contribution in [0.1, 0.15) is 38.3 Å². The summed E-state index contributed by atoms with van der Waals surface area (Å²) < 4.78 is 40.0. The maximum atomic E-state index is 12.9. The number of nitrogens with one attached hydrogen (secondary N) is 1. The summed E-state index contributed by atoms with van der Waals surface area (Å²) in [6, 6.07) is 0.995. The van der Waals surface area contributed by atoms with Crippen LogP contribution in [0.5, 0.6) is 0 Å². The number of halogens is 3. The van der Waals surface area contributed by atoms with E-state index in [4.69, 9.17) is 0 Å². The van der Waals surface area contributed by atoms with Crippen LogP contribution in [-0.4, -0.2) is 26.1 Å². The molecule has 1 aliphatic rings. The van der Waals surface area contributed by atoms with E-state index in [9.17, 15) is 13.2 Å². The van der Waals surface area contributed by atoms with Gasteiger partial charge in [0.1, 0.15) is 12.1 Å². The Bertz CT molecular complexity index is 651. The summed E-state index contributed by atoms with van der Waals surface area (Å²) in [5.41, 5.74) is -0.952. The molecule has 3 rings (SSSR count). The molecule has 2 aromatic rings. The molecule has 1 fully saturated rings. The molecule has 2 heterocycles. The first-order valence-corrected chi connectivity index (χ1v) is 7.47. The van der Waals surface area contributed by atoms with Crippen LogP contribution in [0.3, 0.4) is 0 Å². The van der Waals surface area contributed by atoms with Crippen molar-refractivity contribution in [1.29, 1.82) is 0 Å². The van der Waals surface area contributed by atoms with Gasteiger partial charge in [-0.2, -0.15) is 27.8 Å². The summed E-state index contributed by atoms with van der Waals surface area (Å²) in [4.78, 5) is 7.27. The SMILES string of the molecule is CC1CCCCC1CNc1cc(C(F)(F)F)nc2ncnn12. The second kappa shape index (κ2) is 5.73. The van der Waals surface area contributed by atoms with Gasteiger partial charge in [0, 0.05) is 12.6 Å². The molecule has 22 heavy (non-hydrogen) atoms. The summed E-state index contributed by atoms with van der Waals surface area (Å²) >= 11 is 0. The van der Waals surface area contributed by atoms with Crippen molar-refractivity contribution in [1.82, 2.24) is 19.6 Å². The van der Waals surface area contributed by atoms with Crippen molar-refractivity contribution in [3.63, 3.8) is 0 Å². The monoisotopic (exact) mass is 313 g/mol. The molecule has 5 nitrogen and oxygen atoms in total. The first-order chi connectivity index (χ1) is 10.4. The summed E-state index contributed by atoms with van der Waals surface area (Å²) in [5, 5.41) is 7.04. The average Bonchev–Trinajstić information content (AvgIpc) is 2.93. The van der Waals surface area contributed by atoms with Gasteiger partial charge in [-0.05, 0) is 18.3 Å². The van der Waals surface area contributed by atoms with Crippen LogP contribution in [0.15, 0.2) is 12.4 Å². The Hall–Kier alpha value is -1.86. The minimum absolute atomic E-state index is 0.0472. The van der Waals surface area contributed by atoms with Crippen LogP contribution in [-0.2, 0) is 6.18 Å². The highest BCUT2D eigenvalue weighted by molar-refractivity contribution is 5.45. The highest BCUT2D eigenvalue weighted by Crippen LogP contribution is 2.31. The fourth-order valence-electron chi connectivity index (χ4n) is 3.02. The topological polar surface area (TPSA) is 55.1 Å². The van der Waals surface area contributed by atoms with Gasteiger partial charge in [-0.1, -0.05) is 26.2 Å². The molecular formula is C14H18F3N5. The minimum Gasteiger partial charge on any atom is -0.370 e. The smallest absolute Gasteiger partial charge is 0.370 e. The Morgan fingerprint density at radius 1 is 1.32 bits per heavy atom. The molecule has 2 aromatic heterocycles. The van der Waals surface area contributed by atoms with Crippen LogP contribution in [0, 0.1) is 11.8 Å². The molecule has 1 N–H and O–H groups in total. The molecule has 1 saturated carbocycles. The average molecular weight is 313 g/mol. The van der Waals surface area contributed by atoms with Gasteiger partial charge < -0.3 is 5.32 Å². The van der Waals surface area contributed by atoms with Crippen molar-refractivity contribution >= 4 is 11.6 Å². The second-order valence-electron chi connectivity index (χ2n) is 5.90. The quantitative estimate of drug-likeness (QED) is 0.944. The minimum atomic E-state index is -4.50. The van der Waals surface area contributed by atoms with E-state index in [1.807, 2.05) is 0 Å².